The van der Waals surface area contributed by atoms with Crippen molar-refractivity contribution < 1.29 is 18.9 Å². The molecule has 0 saturated carbocycles. The Morgan fingerprint density at radius 2 is 1.86 bits per heavy atom. The minimum Gasteiger partial charge on any atom is -0.497 e. The summed E-state index contributed by atoms with van der Waals surface area (Å²) in [4.78, 5) is 23.7. The van der Waals surface area contributed by atoms with E-state index in [1.807, 2.05) is 24.3 Å². The van der Waals surface area contributed by atoms with E-state index < -0.39 is 0 Å². The van der Waals surface area contributed by atoms with E-state index in [4.69, 9.17) is 18.9 Å². The number of fused-ring (bicyclic) bond motifs is 2. The zero-order valence-electron chi connectivity index (χ0n) is 20.9. The summed E-state index contributed by atoms with van der Waals surface area (Å²) < 4.78 is 24.1. The van der Waals surface area contributed by atoms with E-state index in [9.17, 15) is 4.79 Å². The highest BCUT2D eigenvalue weighted by Crippen LogP contribution is 2.29. The third kappa shape index (κ3) is 6.63. The number of rotatable bonds is 8. The fourth-order valence-electron chi connectivity index (χ4n) is 4.72. The van der Waals surface area contributed by atoms with Gasteiger partial charge in [-0.15, -0.1) is 24.8 Å². The van der Waals surface area contributed by atoms with Gasteiger partial charge in [0.05, 0.1) is 42.3 Å². The molecule has 2 aromatic heterocycles. The van der Waals surface area contributed by atoms with Gasteiger partial charge >= 0.3 is 0 Å². The van der Waals surface area contributed by atoms with Crippen LogP contribution in [0.15, 0.2) is 41.5 Å². The molecular formula is C25H33Cl2N5O5. The molecule has 0 bridgehead atoms. The quantitative estimate of drug-likeness (QED) is 0.450. The number of ether oxygens (including phenoxy) is 4. The van der Waals surface area contributed by atoms with Crippen molar-refractivity contribution in [1.29, 1.82) is 0 Å². The van der Waals surface area contributed by atoms with E-state index in [-0.39, 0.29) is 42.5 Å². The van der Waals surface area contributed by atoms with Crippen molar-refractivity contribution in [3.05, 3.63) is 52.7 Å². The number of benzene rings is 1. The number of piperidine rings is 1. The molecule has 0 aliphatic carbocycles. The van der Waals surface area contributed by atoms with Gasteiger partial charge in [0.15, 0.2) is 11.5 Å². The number of likely N-dealkylation sites (tertiary alicyclic amines) is 1. The lowest BCUT2D eigenvalue weighted by Gasteiger charge is -2.38. The van der Waals surface area contributed by atoms with Crippen molar-refractivity contribution >= 4 is 35.8 Å². The van der Waals surface area contributed by atoms with Crippen LogP contribution < -0.4 is 25.1 Å². The van der Waals surface area contributed by atoms with E-state index in [0.29, 0.717) is 37.8 Å². The Balaban J connectivity index is 0.00000190. The number of hydrogen-bond donors (Lipinski definition) is 1. The van der Waals surface area contributed by atoms with E-state index in [1.165, 1.54) is 6.20 Å². The molecule has 0 radical (unpaired) electrons. The van der Waals surface area contributed by atoms with Gasteiger partial charge in [-0.3, -0.25) is 14.7 Å². The molecule has 10 nitrogen and oxygen atoms in total. The van der Waals surface area contributed by atoms with Crippen LogP contribution in [0.1, 0.15) is 12.1 Å². The number of methoxy groups -OCH3 is 2. The maximum atomic E-state index is 12.6. The minimum atomic E-state index is -0.113. The molecule has 202 valence electrons. The van der Waals surface area contributed by atoms with Crippen LogP contribution in [0, 0.1) is 0 Å². The second-order valence-electron chi connectivity index (χ2n) is 8.77. The van der Waals surface area contributed by atoms with E-state index in [0.717, 1.165) is 48.5 Å². The van der Waals surface area contributed by atoms with Crippen molar-refractivity contribution in [3.63, 3.8) is 0 Å². The van der Waals surface area contributed by atoms with Gasteiger partial charge in [-0.2, -0.15) is 0 Å². The molecule has 0 unspecified atom stereocenters. The van der Waals surface area contributed by atoms with E-state index >= 15 is 0 Å². The molecule has 2 aliphatic heterocycles. The van der Waals surface area contributed by atoms with Gasteiger partial charge in [0.25, 0.3) is 5.56 Å². The second-order valence-corrected chi connectivity index (χ2v) is 8.77. The zero-order valence-corrected chi connectivity index (χ0v) is 22.6. The third-order valence-corrected chi connectivity index (χ3v) is 6.67. The average molecular weight is 554 g/mol. The van der Waals surface area contributed by atoms with E-state index in [1.54, 1.807) is 25.0 Å². The van der Waals surface area contributed by atoms with Gasteiger partial charge in [0.2, 0.25) is 0 Å². The monoisotopic (exact) mass is 553 g/mol. The molecule has 2 atom stereocenters. The maximum absolute atomic E-state index is 12.6. The highest BCUT2D eigenvalue weighted by molar-refractivity contribution is 5.85. The molecule has 1 fully saturated rings. The van der Waals surface area contributed by atoms with Crippen LogP contribution in [0.3, 0.4) is 0 Å². The number of hydrogen-bond acceptors (Lipinski definition) is 9. The van der Waals surface area contributed by atoms with Crippen molar-refractivity contribution in [2.24, 2.45) is 0 Å². The van der Waals surface area contributed by atoms with Crippen LogP contribution in [0.25, 0.3) is 11.0 Å². The molecule has 37 heavy (non-hydrogen) atoms. The minimum absolute atomic E-state index is 0. The number of aromatic nitrogens is 3. The molecule has 1 N–H and O–H groups in total. The molecular weight excluding hydrogens is 521 g/mol. The summed E-state index contributed by atoms with van der Waals surface area (Å²) in [6.45, 7) is 4.75. The molecule has 1 aromatic carbocycles. The molecule has 2 aliphatic rings. The fraction of sp³-hybridized carbons (Fsp3) is 0.480. The highest BCUT2D eigenvalue weighted by Gasteiger charge is 2.29. The molecule has 12 heteroatoms. The normalized spacial score (nSPS) is 19.1. The lowest BCUT2D eigenvalue weighted by atomic mass is 10.0. The Labute approximate surface area is 228 Å². The third-order valence-electron chi connectivity index (χ3n) is 6.67. The van der Waals surface area contributed by atoms with Gasteiger partial charge in [-0.05, 0) is 25.1 Å². The predicted octanol–water partition coefficient (Wildman–Crippen LogP) is 2.29. The van der Waals surface area contributed by atoms with Gasteiger partial charge in [0, 0.05) is 51.5 Å². The van der Waals surface area contributed by atoms with Gasteiger partial charge in [0.1, 0.15) is 19.0 Å². The summed E-state index contributed by atoms with van der Waals surface area (Å²) in [6, 6.07) is 7.73. The second kappa shape index (κ2) is 13.3. The SMILES string of the molecule is COc1ccc2ncc(=O)n(CCN3CC[C@@H](NCc4cc5c(cn4)OCCO5)[C@H](OC)C3)c2c1.Cl.Cl. The van der Waals surface area contributed by atoms with Crippen LogP contribution in [0.2, 0.25) is 0 Å². The smallest absolute Gasteiger partial charge is 0.269 e. The summed E-state index contributed by atoms with van der Waals surface area (Å²) in [6.07, 6.45) is 4.08. The Kier molecular flexibility index (Phi) is 10.4. The van der Waals surface area contributed by atoms with Crippen LogP contribution in [0.5, 0.6) is 17.2 Å². The molecule has 4 heterocycles. The van der Waals surface area contributed by atoms with Crippen molar-refractivity contribution in [3.8, 4) is 17.2 Å². The lowest BCUT2D eigenvalue weighted by Crippen LogP contribution is -2.53. The van der Waals surface area contributed by atoms with E-state index in [2.05, 4.69) is 20.2 Å². The summed E-state index contributed by atoms with van der Waals surface area (Å²) in [5, 5.41) is 3.60. The summed E-state index contributed by atoms with van der Waals surface area (Å²) in [5.41, 5.74) is 2.35. The molecule has 0 spiro atoms. The largest absolute Gasteiger partial charge is 0.497 e. The molecule has 1 saturated heterocycles. The van der Waals surface area contributed by atoms with Gasteiger partial charge in [-0.1, -0.05) is 0 Å². The molecule has 3 aromatic rings. The Bertz CT molecular complexity index is 1240. The molecule has 0 amide bonds. The zero-order chi connectivity index (χ0) is 24.2. The number of pyridine rings is 1. The summed E-state index contributed by atoms with van der Waals surface area (Å²) in [5.74, 6) is 2.15. The summed E-state index contributed by atoms with van der Waals surface area (Å²) >= 11 is 0. The van der Waals surface area contributed by atoms with Crippen molar-refractivity contribution in [1.82, 2.24) is 24.8 Å². The molecule has 5 rings (SSSR count). The van der Waals surface area contributed by atoms with Crippen LogP contribution in [-0.4, -0.2) is 78.6 Å². The Morgan fingerprint density at radius 1 is 1.05 bits per heavy atom. The first kappa shape index (κ1) is 28.9. The van der Waals surface area contributed by atoms with Gasteiger partial charge < -0.3 is 28.8 Å². The Hall–Kier alpha value is -2.63. The van der Waals surface area contributed by atoms with Gasteiger partial charge in [-0.25, -0.2) is 4.98 Å². The van der Waals surface area contributed by atoms with Crippen LogP contribution >= 0.6 is 24.8 Å². The first-order chi connectivity index (χ1) is 17.1. The number of nitrogens with one attached hydrogen (secondary N) is 1. The first-order valence-electron chi connectivity index (χ1n) is 11.9. The average Bonchev–Trinajstić information content (AvgIpc) is 2.91. The first-order valence-corrected chi connectivity index (χ1v) is 11.9. The standard InChI is InChI=1S/C25H31N5O5.2ClH/c1-32-18-3-4-19-21(12-18)30(25(31)15-28-19)8-7-29-6-5-20(24(16-29)33-2)27-13-17-11-22-23(14-26-17)35-10-9-34-22;;/h3-4,11-12,14-15,20,24,27H,5-10,13,16H2,1-2H3;2*1H/t20-,24-;;/m1../s1. The summed E-state index contributed by atoms with van der Waals surface area (Å²) in [7, 11) is 3.37. The maximum Gasteiger partial charge on any atom is 0.269 e. The fourth-order valence-corrected chi connectivity index (χ4v) is 4.72. The van der Waals surface area contributed by atoms with Crippen molar-refractivity contribution in [2.75, 3.05) is 47.1 Å². The Morgan fingerprint density at radius 3 is 2.65 bits per heavy atom. The van der Waals surface area contributed by atoms with Crippen LogP contribution in [0.4, 0.5) is 0 Å². The highest BCUT2D eigenvalue weighted by atomic mass is 35.5. The van der Waals surface area contributed by atoms with Crippen molar-refractivity contribution in [2.45, 2.75) is 31.7 Å². The van der Waals surface area contributed by atoms with Crippen LogP contribution in [-0.2, 0) is 17.8 Å². The number of nitrogens with zero attached hydrogens (tertiary/aromatic N) is 4. The lowest BCUT2D eigenvalue weighted by molar-refractivity contribution is 0.00440. The topological polar surface area (TPSA) is 100.0 Å². The number of halogens is 2. The predicted molar refractivity (Wildman–Crippen MR) is 145 cm³/mol.